The number of carboxylic acids is 1. The van der Waals surface area contributed by atoms with Gasteiger partial charge in [0.1, 0.15) is 5.75 Å². The van der Waals surface area contributed by atoms with Crippen LogP contribution in [0.5, 0.6) is 5.75 Å². The molecule has 3 nitrogen and oxygen atoms in total. The summed E-state index contributed by atoms with van der Waals surface area (Å²) in [5.74, 6) is -0.491. The van der Waals surface area contributed by atoms with Gasteiger partial charge in [-0.25, -0.2) is 0 Å². The second-order valence-corrected chi connectivity index (χ2v) is 3.53. The summed E-state index contributed by atoms with van der Waals surface area (Å²) in [5.41, 5.74) is 1.81. The van der Waals surface area contributed by atoms with E-state index in [4.69, 9.17) is 9.84 Å². The molecule has 1 rings (SSSR count). The van der Waals surface area contributed by atoms with Gasteiger partial charge in [0.15, 0.2) is 0 Å². The number of carboxylic acid groups (broad SMARTS) is 1. The molecule has 0 fully saturated rings. The van der Waals surface area contributed by atoms with Crippen molar-refractivity contribution in [1.82, 2.24) is 0 Å². The summed E-state index contributed by atoms with van der Waals surface area (Å²) in [4.78, 5) is 11.0. The minimum Gasteiger partial charge on any atom is -0.496 e. The summed E-state index contributed by atoms with van der Waals surface area (Å²) in [6.45, 7) is 3.80. The lowest BCUT2D eigenvalue weighted by Gasteiger charge is -2.12. The Morgan fingerprint density at radius 2 is 2.20 bits per heavy atom. The van der Waals surface area contributed by atoms with E-state index in [-0.39, 0.29) is 0 Å². The van der Waals surface area contributed by atoms with E-state index in [9.17, 15) is 4.79 Å². The molecule has 1 N–H and O–H groups in total. The van der Waals surface area contributed by atoms with E-state index in [0.717, 1.165) is 16.9 Å². The molecule has 0 aromatic heterocycles. The third-order valence-corrected chi connectivity index (χ3v) is 2.54. The van der Waals surface area contributed by atoms with Crippen LogP contribution < -0.4 is 4.74 Å². The number of hydrogen-bond acceptors (Lipinski definition) is 2. The molecule has 3 heteroatoms. The van der Waals surface area contributed by atoms with Crippen LogP contribution in [-0.4, -0.2) is 18.2 Å². The summed E-state index contributed by atoms with van der Waals surface area (Å²) in [7, 11) is 1.59. The van der Waals surface area contributed by atoms with Crippen LogP contribution in [0.15, 0.2) is 18.2 Å². The van der Waals surface area contributed by atoms with Gasteiger partial charge in [-0.05, 0) is 30.5 Å². The maximum Gasteiger partial charge on any atom is 0.310 e. The van der Waals surface area contributed by atoms with Crippen molar-refractivity contribution in [2.45, 2.75) is 26.2 Å². The van der Waals surface area contributed by atoms with E-state index in [1.807, 2.05) is 26.0 Å². The molecule has 0 radical (unpaired) electrons. The van der Waals surface area contributed by atoms with Gasteiger partial charge in [-0.15, -0.1) is 0 Å². The molecule has 0 bridgehead atoms. The first kappa shape index (κ1) is 11.6. The number of hydrogen-bond donors (Lipinski definition) is 1. The average molecular weight is 208 g/mol. The maximum absolute atomic E-state index is 11.0. The highest BCUT2D eigenvalue weighted by molar-refractivity contribution is 5.76. The zero-order chi connectivity index (χ0) is 11.4. The van der Waals surface area contributed by atoms with Crippen LogP contribution in [0.2, 0.25) is 0 Å². The molecule has 0 aliphatic carbocycles. The molecule has 0 aliphatic heterocycles. The first-order valence-electron chi connectivity index (χ1n) is 4.97. The van der Waals surface area contributed by atoms with E-state index >= 15 is 0 Å². The Bertz CT molecular complexity index is 358. The third-order valence-electron chi connectivity index (χ3n) is 2.54. The molecule has 15 heavy (non-hydrogen) atoms. The lowest BCUT2D eigenvalue weighted by atomic mass is 9.95. The predicted octanol–water partition coefficient (Wildman–Crippen LogP) is 2.58. The van der Waals surface area contributed by atoms with Crippen LogP contribution in [-0.2, 0) is 4.79 Å². The summed E-state index contributed by atoms with van der Waals surface area (Å²) < 4.78 is 5.17. The van der Waals surface area contributed by atoms with E-state index in [1.54, 1.807) is 13.2 Å². The molecular formula is C12H16O3. The Kier molecular flexibility index (Phi) is 3.72. The number of aliphatic carboxylic acids is 1. The van der Waals surface area contributed by atoms with Crippen molar-refractivity contribution in [2.75, 3.05) is 7.11 Å². The first-order valence-corrected chi connectivity index (χ1v) is 4.97. The van der Waals surface area contributed by atoms with E-state index in [2.05, 4.69) is 0 Å². The highest BCUT2D eigenvalue weighted by Crippen LogP contribution is 2.26. The van der Waals surface area contributed by atoms with Gasteiger partial charge in [0, 0.05) is 0 Å². The van der Waals surface area contributed by atoms with Crippen molar-refractivity contribution in [1.29, 1.82) is 0 Å². The molecule has 0 amide bonds. The number of aryl methyl sites for hydroxylation is 1. The highest BCUT2D eigenvalue weighted by atomic mass is 16.5. The standard InChI is InChI=1S/C12H16O3/c1-4-10(12(13)14)9-6-5-8(2)11(7-9)15-3/h5-7,10H,4H2,1-3H3,(H,13,14). The molecule has 0 saturated heterocycles. The monoisotopic (exact) mass is 208 g/mol. The van der Waals surface area contributed by atoms with Crippen molar-refractivity contribution in [3.05, 3.63) is 29.3 Å². The lowest BCUT2D eigenvalue weighted by Crippen LogP contribution is -2.10. The number of rotatable bonds is 4. The molecule has 0 spiro atoms. The largest absolute Gasteiger partial charge is 0.496 e. The summed E-state index contributed by atoms with van der Waals surface area (Å²) in [6.07, 6.45) is 0.585. The zero-order valence-electron chi connectivity index (χ0n) is 9.28. The van der Waals surface area contributed by atoms with Crippen LogP contribution in [0.3, 0.4) is 0 Å². The second-order valence-electron chi connectivity index (χ2n) is 3.53. The summed E-state index contributed by atoms with van der Waals surface area (Å²) >= 11 is 0. The topological polar surface area (TPSA) is 46.5 Å². The maximum atomic E-state index is 11.0. The minimum atomic E-state index is -0.789. The molecule has 1 unspecified atom stereocenters. The molecule has 1 atom stereocenters. The molecule has 1 aromatic rings. The van der Waals surface area contributed by atoms with Crippen molar-refractivity contribution in [3.63, 3.8) is 0 Å². The number of carbonyl (C=O) groups is 1. The highest BCUT2D eigenvalue weighted by Gasteiger charge is 2.18. The van der Waals surface area contributed by atoms with Crippen LogP contribution in [0.4, 0.5) is 0 Å². The van der Waals surface area contributed by atoms with Gasteiger partial charge in [0.25, 0.3) is 0 Å². The minimum absolute atomic E-state index is 0.445. The van der Waals surface area contributed by atoms with E-state index in [1.165, 1.54) is 0 Å². The van der Waals surface area contributed by atoms with Crippen molar-refractivity contribution in [3.8, 4) is 5.75 Å². The number of benzene rings is 1. The molecular weight excluding hydrogens is 192 g/mol. The smallest absolute Gasteiger partial charge is 0.310 e. The Balaban J connectivity index is 3.09. The van der Waals surface area contributed by atoms with Crippen LogP contribution in [0, 0.1) is 6.92 Å². The molecule has 0 saturated carbocycles. The van der Waals surface area contributed by atoms with Crippen molar-refractivity contribution < 1.29 is 14.6 Å². The quantitative estimate of drug-likeness (QED) is 0.827. The fourth-order valence-corrected chi connectivity index (χ4v) is 1.61. The fraction of sp³-hybridized carbons (Fsp3) is 0.417. The molecule has 82 valence electrons. The van der Waals surface area contributed by atoms with Gasteiger partial charge in [0.05, 0.1) is 13.0 Å². The number of ether oxygens (including phenoxy) is 1. The van der Waals surface area contributed by atoms with Gasteiger partial charge in [0.2, 0.25) is 0 Å². The normalized spacial score (nSPS) is 12.2. The summed E-state index contributed by atoms with van der Waals surface area (Å²) in [5, 5.41) is 9.02. The SMILES string of the molecule is CCC(C(=O)O)c1ccc(C)c(OC)c1. The fourth-order valence-electron chi connectivity index (χ4n) is 1.61. The van der Waals surface area contributed by atoms with Gasteiger partial charge in [-0.2, -0.15) is 0 Å². The third kappa shape index (κ3) is 2.49. The van der Waals surface area contributed by atoms with Gasteiger partial charge in [-0.3, -0.25) is 4.79 Å². The zero-order valence-corrected chi connectivity index (χ0v) is 9.28. The van der Waals surface area contributed by atoms with Gasteiger partial charge in [-0.1, -0.05) is 19.1 Å². The van der Waals surface area contributed by atoms with Crippen LogP contribution in [0.1, 0.15) is 30.4 Å². The van der Waals surface area contributed by atoms with E-state index in [0.29, 0.717) is 6.42 Å². The Labute approximate surface area is 89.7 Å². The first-order chi connectivity index (χ1) is 7.10. The average Bonchev–Trinajstić information content (AvgIpc) is 2.21. The van der Waals surface area contributed by atoms with Crippen LogP contribution >= 0.6 is 0 Å². The van der Waals surface area contributed by atoms with Gasteiger partial charge < -0.3 is 9.84 Å². The van der Waals surface area contributed by atoms with Crippen molar-refractivity contribution >= 4 is 5.97 Å². The number of methoxy groups -OCH3 is 1. The molecule has 1 aromatic carbocycles. The van der Waals surface area contributed by atoms with Crippen molar-refractivity contribution in [2.24, 2.45) is 0 Å². The molecule has 0 aliphatic rings. The van der Waals surface area contributed by atoms with Gasteiger partial charge >= 0.3 is 5.97 Å². The Morgan fingerprint density at radius 1 is 1.53 bits per heavy atom. The lowest BCUT2D eigenvalue weighted by molar-refractivity contribution is -0.138. The Morgan fingerprint density at radius 3 is 2.67 bits per heavy atom. The van der Waals surface area contributed by atoms with Crippen LogP contribution in [0.25, 0.3) is 0 Å². The second kappa shape index (κ2) is 4.82. The Hall–Kier alpha value is -1.51. The predicted molar refractivity (Wildman–Crippen MR) is 58.4 cm³/mol. The van der Waals surface area contributed by atoms with E-state index < -0.39 is 11.9 Å². The summed E-state index contributed by atoms with van der Waals surface area (Å²) in [6, 6.07) is 5.54. The molecule has 0 heterocycles.